The van der Waals surface area contributed by atoms with E-state index in [4.69, 9.17) is 23.8 Å². The Morgan fingerprint density at radius 1 is 1.45 bits per heavy atom. The van der Waals surface area contributed by atoms with Crippen LogP contribution in [-0.2, 0) is 6.54 Å². The molecule has 0 spiro atoms. The fraction of sp³-hybridized carbons (Fsp3) is 0.333. The van der Waals surface area contributed by atoms with Crippen LogP contribution in [0.2, 0.25) is 5.02 Å². The number of anilines is 1. The highest BCUT2D eigenvalue weighted by molar-refractivity contribution is 7.80. The molecule has 0 radical (unpaired) electrons. The second-order valence-electron chi connectivity index (χ2n) is 5.01. The van der Waals surface area contributed by atoms with E-state index in [1.807, 2.05) is 6.92 Å². The number of rotatable bonds is 5. The molecule has 22 heavy (non-hydrogen) atoms. The molecule has 0 aliphatic heterocycles. The van der Waals surface area contributed by atoms with Crippen molar-refractivity contribution in [3.05, 3.63) is 46.9 Å². The van der Waals surface area contributed by atoms with Crippen molar-refractivity contribution in [2.24, 2.45) is 0 Å². The Morgan fingerprint density at radius 3 is 2.91 bits per heavy atom. The van der Waals surface area contributed by atoms with Crippen LogP contribution in [0, 0.1) is 5.82 Å². The van der Waals surface area contributed by atoms with E-state index in [9.17, 15) is 4.39 Å². The molecular formula is C15H18ClFN4S. The molecule has 0 amide bonds. The van der Waals surface area contributed by atoms with E-state index in [0.29, 0.717) is 27.6 Å². The summed E-state index contributed by atoms with van der Waals surface area (Å²) in [6.45, 7) is 4.39. The molecule has 0 fully saturated rings. The molecule has 1 aromatic carbocycles. The van der Waals surface area contributed by atoms with Gasteiger partial charge in [0, 0.05) is 28.9 Å². The van der Waals surface area contributed by atoms with Crippen LogP contribution >= 0.6 is 23.8 Å². The minimum absolute atomic E-state index is 0.263. The maximum absolute atomic E-state index is 13.8. The van der Waals surface area contributed by atoms with E-state index >= 15 is 0 Å². The van der Waals surface area contributed by atoms with Gasteiger partial charge in [-0.3, -0.25) is 4.68 Å². The number of aromatic nitrogens is 2. The van der Waals surface area contributed by atoms with Gasteiger partial charge in [-0.05, 0) is 37.7 Å². The standard InChI is InChI=1S/C15H18ClFN4S/c1-3-10(2)18-15(22)19-14-7-8-21(20-14)9-11-12(16)5-4-6-13(11)17/h4-8,10H,3,9H2,1-2H3,(H2,18,19,20,22). The summed E-state index contributed by atoms with van der Waals surface area (Å²) in [4.78, 5) is 0. The summed E-state index contributed by atoms with van der Waals surface area (Å²) in [5, 5.41) is 11.4. The Hall–Kier alpha value is -1.66. The summed E-state index contributed by atoms with van der Waals surface area (Å²) in [6, 6.07) is 6.69. The molecule has 4 nitrogen and oxygen atoms in total. The Morgan fingerprint density at radius 2 is 2.23 bits per heavy atom. The van der Waals surface area contributed by atoms with Gasteiger partial charge >= 0.3 is 0 Å². The lowest BCUT2D eigenvalue weighted by Gasteiger charge is -2.13. The van der Waals surface area contributed by atoms with Crippen LogP contribution in [0.4, 0.5) is 10.2 Å². The van der Waals surface area contributed by atoms with Crippen LogP contribution in [0.3, 0.4) is 0 Å². The fourth-order valence-corrected chi connectivity index (χ4v) is 2.37. The highest BCUT2D eigenvalue weighted by Crippen LogP contribution is 2.20. The van der Waals surface area contributed by atoms with Crippen molar-refractivity contribution in [2.45, 2.75) is 32.9 Å². The number of nitrogens with one attached hydrogen (secondary N) is 2. The van der Waals surface area contributed by atoms with Crippen molar-refractivity contribution in [1.29, 1.82) is 0 Å². The number of benzene rings is 1. The molecule has 0 aliphatic carbocycles. The lowest BCUT2D eigenvalue weighted by atomic mass is 10.2. The van der Waals surface area contributed by atoms with Gasteiger partial charge in [0.25, 0.3) is 0 Å². The molecule has 0 bridgehead atoms. The van der Waals surface area contributed by atoms with E-state index in [-0.39, 0.29) is 12.4 Å². The maximum Gasteiger partial charge on any atom is 0.172 e. The number of hydrogen-bond acceptors (Lipinski definition) is 2. The quantitative estimate of drug-likeness (QED) is 0.812. The molecule has 2 aromatic rings. The van der Waals surface area contributed by atoms with Gasteiger partial charge in [-0.25, -0.2) is 4.39 Å². The highest BCUT2D eigenvalue weighted by Gasteiger charge is 2.09. The van der Waals surface area contributed by atoms with Gasteiger partial charge in [0.1, 0.15) is 5.82 Å². The minimum atomic E-state index is -0.341. The molecule has 2 N–H and O–H groups in total. The van der Waals surface area contributed by atoms with Crippen LogP contribution in [0.5, 0.6) is 0 Å². The predicted octanol–water partition coefficient (Wildman–Crippen LogP) is 3.81. The van der Waals surface area contributed by atoms with Crippen LogP contribution < -0.4 is 10.6 Å². The number of halogens is 2. The second kappa shape index (κ2) is 7.56. The molecule has 0 saturated carbocycles. The van der Waals surface area contributed by atoms with Gasteiger partial charge < -0.3 is 10.6 Å². The average molecular weight is 341 g/mol. The van der Waals surface area contributed by atoms with Gasteiger partial charge in [-0.1, -0.05) is 24.6 Å². The summed E-state index contributed by atoms with van der Waals surface area (Å²) < 4.78 is 15.4. The SMILES string of the molecule is CCC(C)NC(=S)Nc1ccn(Cc2c(F)cccc2Cl)n1. The maximum atomic E-state index is 13.8. The summed E-state index contributed by atoms with van der Waals surface area (Å²) >= 11 is 11.2. The van der Waals surface area contributed by atoms with E-state index in [1.165, 1.54) is 6.07 Å². The summed E-state index contributed by atoms with van der Waals surface area (Å²) in [5.41, 5.74) is 0.416. The Labute approximate surface area is 139 Å². The number of nitrogens with zero attached hydrogens (tertiary/aromatic N) is 2. The van der Waals surface area contributed by atoms with Crippen LogP contribution in [0.15, 0.2) is 30.5 Å². The first-order valence-corrected chi connectivity index (χ1v) is 7.82. The van der Waals surface area contributed by atoms with Crippen LogP contribution in [0.1, 0.15) is 25.8 Å². The molecular weight excluding hydrogens is 323 g/mol. The number of thiocarbonyl (C=S) groups is 1. The van der Waals surface area contributed by atoms with Gasteiger partial charge in [-0.15, -0.1) is 0 Å². The Bertz CT molecular complexity index is 638. The summed E-state index contributed by atoms with van der Waals surface area (Å²) in [6.07, 6.45) is 2.72. The number of hydrogen-bond donors (Lipinski definition) is 2. The lowest BCUT2D eigenvalue weighted by molar-refractivity contribution is 0.586. The average Bonchev–Trinajstić information content (AvgIpc) is 2.90. The molecule has 1 aromatic heterocycles. The largest absolute Gasteiger partial charge is 0.360 e. The third-order valence-corrected chi connectivity index (χ3v) is 3.83. The lowest BCUT2D eigenvalue weighted by Crippen LogP contribution is -2.35. The molecule has 7 heteroatoms. The first-order chi connectivity index (χ1) is 10.5. The third kappa shape index (κ3) is 4.42. The summed E-state index contributed by atoms with van der Waals surface area (Å²) in [7, 11) is 0. The molecule has 2 rings (SSSR count). The van der Waals surface area contributed by atoms with Crippen molar-refractivity contribution >= 4 is 34.7 Å². The normalized spacial score (nSPS) is 12.0. The Balaban J connectivity index is 2.01. The monoisotopic (exact) mass is 340 g/mol. The van der Waals surface area contributed by atoms with Crippen molar-refractivity contribution < 1.29 is 4.39 Å². The van der Waals surface area contributed by atoms with Gasteiger partial charge in [0.05, 0.1) is 6.54 Å². The zero-order chi connectivity index (χ0) is 16.1. The zero-order valence-corrected chi connectivity index (χ0v) is 14.0. The first kappa shape index (κ1) is 16.7. The van der Waals surface area contributed by atoms with E-state index in [0.717, 1.165) is 6.42 Å². The molecule has 118 valence electrons. The zero-order valence-electron chi connectivity index (χ0n) is 12.4. The van der Waals surface area contributed by atoms with Crippen LogP contribution in [0.25, 0.3) is 0 Å². The van der Waals surface area contributed by atoms with Crippen molar-refractivity contribution in [3.8, 4) is 0 Å². The van der Waals surface area contributed by atoms with Crippen LogP contribution in [-0.4, -0.2) is 20.9 Å². The molecule has 1 unspecified atom stereocenters. The summed E-state index contributed by atoms with van der Waals surface area (Å²) in [5.74, 6) is 0.264. The topological polar surface area (TPSA) is 41.9 Å². The van der Waals surface area contributed by atoms with Crippen molar-refractivity contribution in [2.75, 3.05) is 5.32 Å². The molecule has 1 heterocycles. The smallest absolute Gasteiger partial charge is 0.172 e. The third-order valence-electron chi connectivity index (χ3n) is 3.25. The molecule has 0 saturated heterocycles. The fourth-order valence-electron chi connectivity index (χ4n) is 1.84. The van der Waals surface area contributed by atoms with E-state index in [1.54, 1.807) is 29.1 Å². The van der Waals surface area contributed by atoms with Gasteiger partial charge in [0.15, 0.2) is 10.9 Å². The van der Waals surface area contributed by atoms with Gasteiger partial charge in [0.2, 0.25) is 0 Å². The highest BCUT2D eigenvalue weighted by atomic mass is 35.5. The predicted molar refractivity (Wildman–Crippen MR) is 91.8 cm³/mol. The molecule has 0 aliphatic rings. The minimum Gasteiger partial charge on any atom is -0.360 e. The van der Waals surface area contributed by atoms with Crippen molar-refractivity contribution in [3.63, 3.8) is 0 Å². The second-order valence-corrected chi connectivity index (χ2v) is 5.82. The van der Waals surface area contributed by atoms with Crippen molar-refractivity contribution in [1.82, 2.24) is 15.1 Å². The van der Waals surface area contributed by atoms with Gasteiger partial charge in [-0.2, -0.15) is 5.10 Å². The first-order valence-electron chi connectivity index (χ1n) is 7.03. The Kier molecular flexibility index (Phi) is 5.74. The van der Waals surface area contributed by atoms with E-state index < -0.39 is 0 Å². The van der Waals surface area contributed by atoms with E-state index in [2.05, 4.69) is 22.7 Å². The molecule has 1 atom stereocenters.